The fourth-order valence-electron chi connectivity index (χ4n) is 4.59. The van der Waals surface area contributed by atoms with Gasteiger partial charge in [0.15, 0.2) is 0 Å². The summed E-state index contributed by atoms with van der Waals surface area (Å²) in [6, 6.07) is 6.22. The molecular formula is C18H28N2. The maximum atomic E-state index is 6.93. The van der Waals surface area contributed by atoms with Crippen molar-refractivity contribution in [2.24, 2.45) is 17.6 Å². The van der Waals surface area contributed by atoms with Crippen molar-refractivity contribution in [1.82, 2.24) is 4.98 Å². The average molecular weight is 272 g/mol. The molecular weight excluding hydrogens is 244 g/mol. The summed E-state index contributed by atoms with van der Waals surface area (Å²) in [4.78, 5) is 4.52. The molecule has 1 heterocycles. The van der Waals surface area contributed by atoms with Gasteiger partial charge in [-0.05, 0) is 36.8 Å². The molecule has 2 nitrogen and oxygen atoms in total. The van der Waals surface area contributed by atoms with E-state index in [-0.39, 0.29) is 5.54 Å². The molecule has 0 aliphatic heterocycles. The summed E-state index contributed by atoms with van der Waals surface area (Å²) in [5.41, 5.74) is 8.10. The van der Waals surface area contributed by atoms with Crippen molar-refractivity contribution in [2.45, 2.75) is 69.7 Å². The first-order valence-electron chi connectivity index (χ1n) is 8.47. The van der Waals surface area contributed by atoms with Crippen LogP contribution in [-0.2, 0) is 6.42 Å². The first-order chi connectivity index (χ1) is 9.78. The quantitative estimate of drug-likeness (QED) is 0.900. The standard InChI is InChI=1S/C18H28N2/c19-18(14-16-10-5-7-13-20-16)12-6-4-11-17(18)15-8-2-1-3-9-15/h5,7,10,13,15,17H,1-4,6,8-9,11-12,14,19H2. The summed E-state index contributed by atoms with van der Waals surface area (Å²) in [5.74, 6) is 1.59. The molecule has 2 fully saturated rings. The van der Waals surface area contributed by atoms with Gasteiger partial charge in [-0.1, -0.05) is 51.0 Å². The molecule has 0 spiro atoms. The van der Waals surface area contributed by atoms with E-state index in [1.54, 1.807) is 0 Å². The Morgan fingerprint density at radius 2 is 1.85 bits per heavy atom. The topological polar surface area (TPSA) is 38.9 Å². The van der Waals surface area contributed by atoms with Crippen LogP contribution in [0.3, 0.4) is 0 Å². The van der Waals surface area contributed by atoms with Gasteiger partial charge in [0.25, 0.3) is 0 Å². The summed E-state index contributed by atoms with van der Waals surface area (Å²) < 4.78 is 0. The molecule has 1 aromatic rings. The molecule has 2 heteroatoms. The van der Waals surface area contributed by atoms with Crippen LogP contribution in [0.2, 0.25) is 0 Å². The van der Waals surface area contributed by atoms with Crippen molar-refractivity contribution in [2.75, 3.05) is 0 Å². The molecule has 2 aliphatic rings. The van der Waals surface area contributed by atoms with Crippen LogP contribution >= 0.6 is 0 Å². The van der Waals surface area contributed by atoms with Crippen molar-refractivity contribution in [3.05, 3.63) is 30.1 Å². The van der Waals surface area contributed by atoms with E-state index in [0.717, 1.165) is 18.3 Å². The normalized spacial score (nSPS) is 32.1. The third kappa shape index (κ3) is 3.06. The second-order valence-corrected chi connectivity index (χ2v) is 6.98. The second kappa shape index (κ2) is 6.26. The number of nitrogens with zero attached hydrogens (tertiary/aromatic N) is 1. The third-order valence-electron chi connectivity index (χ3n) is 5.60. The largest absolute Gasteiger partial charge is 0.324 e. The summed E-state index contributed by atoms with van der Waals surface area (Å²) >= 11 is 0. The Labute approximate surface area is 123 Å². The van der Waals surface area contributed by atoms with Crippen molar-refractivity contribution >= 4 is 0 Å². The van der Waals surface area contributed by atoms with Crippen LogP contribution in [0.25, 0.3) is 0 Å². The van der Waals surface area contributed by atoms with Crippen LogP contribution in [0.15, 0.2) is 24.4 Å². The SMILES string of the molecule is NC1(Cc2ccccn2)CCCCC1C1CCCCC1. The molecule has 110 valence electrons. The first kappa shape index (κ1) is 14.1. The minimum atomic E-state index is -0.00535. The van der Waals surface area contributed by atoms with E-state index in [0.29, 0.717) is 0 Å². The number of rotatable bonds is 3. The molecule has 20 heavy (non-hydrogen) atoms. The molecule has 0 saturated heterocycles. The van der Waals surface area contributed by atoms with Gasteiger partial charge in [0.05, 0.1) is 0 Å². The predicted molar refractivity (Wildman–Crippen MR) is 83.4 cm³/mol. The Hall–Kier alpha value is -0.890. The number of hydrogen-bond acceptors (Lipinski definition) is 2. The van der Waals surface area contributed by atoms with Crippen molar-refractivity contribution in [3.63, 3.8) is 0 Å². The van der Waals surface area contributed by atoms with Gasteiger partial charge in [-0.3, -0.25) is 4.98 Å². The third-order valence-corrected chi connectivity index (χ3v) is 5.60. The van der Waals surface area contributed by atoms with Gasteiger partial charge in [0.1, 0.15) is 0 Å². The zero-order chi connectivity index (χ0) is 13.8. The lowest BCUT2D eigenvalue weighted by Gasteiger charge is -2.46. The fraction of sp³-hybridized carbons (Fsp3) is 0.722. The van der Waals surface area contributed by atoms with Gasteiger partial charge in [0, 0.05) is 23.9 Å². The van der Waals surface area contributed by atoms with Gasteiger partial charge in [-0.2, -0.15) is 0 Å². The molecule has 2 N–H and O–H groups in total. The fourth-order valence-corrected chi connectivity index (χ4v) is 4.59. The van der Waals surface area contributed by atoms with E-state index in [2.05, 4.69) is 17.1 Å². The maximum absolute atomic E-state index is 6.93. The van der Waals surface area contributed by atoms with E-state index >= 15 is 0 Å². The highest BCUT2D eigenvalue weighted by molar-refractivity contribution is 5.11. The van der Waals surface area contributed by atoms with Gasteiger partial charge < -0.3 is 5.73 Å². The van der Waals surface area contributed by atoms with Gasteiger partial charge in [-0.15, -0.1) is 0 Å². The lowest BCUT2D eigenvalue weighted by molar-refractivity contribution is 0.0988. The first-order valence-corrected chi connectivity index (χ1v) is 8.47. The van der Waals surface area contributed by atoms with Crippen LogP contribution in [0, 0.1) is 11.8 Å². The molecule has 2 unspecified atom stereocenters. The zero-order valence-electron chi connectivity index (χ0n) is 12.6. The molecule has 1 aromatic heterocycles. The maximum Gasteiger partial charge on any atom is 0.0422 e. The number of aromatic nitrogens is 1. The molecule has 0 radical (unpaired) electrons. The monoisotopic (exact) mass is 272 g/mol. The highest BCUT2D eigenvalue weighted by Crippen LogP contribution is 2.43. The highest BCUT2D eigenvalue weighted by atomic mass is 14.8. The lowest BCUT2D eigenvalue weighted by Crippen LogP contribution is -2.54. The summed E-state index contributed by atoms with van der Waals surface area (Å²) in [7, 11) is 0. The average Bonchev–Trinajstić information content (AvgIpc) is 2.49. The van der Waals surface area contributed by atoms with Crippen molar-refractivity contribution in [1.29, 1.82) is 0 Å². The van der Waals surface area contributed by atoms with Crippen LogP contribution in [0.5, 0.6) is 0 Å². The van der Waals surface area contributed by atoms with Crippen LogP contribution in [0.4, 0.5) is 0 Å². The smallest absolute Gasteiger partial charge is 0.0422 e. The highest BCUT2D eigenvalue weighted by Gasteiger charge is 2.41. The van der Waals surface area contributed by atoms with E-state index in [9.17, 15) is 0 Å². The molecule has 2 atom stereocenters. The van der Waals surface area contributed by atoms with E-state index in [1.807, 2.05) is 12.3 Å². The van der Waals surface area contributed by atoms with Crippen LogP contribution in [0.1, 0.15) is 63.5 Å². The summed E-state index contributed by atoms with van der Waals surface area (Å²) in [5, 5.41) is 0. The van der Waals surface area contributed by atoms with Crippen LogP contribution < -0.4 is 5.73 Å². The number of nitrogens with two attached hydrogens (primary N) is 1. The Morgan fingerprint density at radius 3 is 2.60 bits per heavy atom. The van der Waals surface area contributed by atoms with Crippen molar-refractivity contribution in [3.8, 4) is 0 Å². The minimum Gasteiger partial charge on any atom is -0.324 e. The van der Waals surface area contributed by atoms with E-state index in [4.69, 9.17) is 5.73 Å². The molecule has 0 bridgehead atoms. The molecule has 2 saturated carbocycles. The van der Waals surface area contributed by atoms with E-state index < -0.39 is 0 Å². The Morgan fingerprint density at radius 1 is 1.05 bits per heavy atom. The Kier molecular flexibility index (Phi) is 4.40. The molecule has 2 aliphatic carbocycles. The van der Waals surface area contributed by atoms with Gasteiger partial charge in [-0.25, -0.2) is 0 Å². The predicted octanol–water partition coefficient (Wildman–Crippen LogP) is 4.09. The van der Waals surface area contributed by atoms with Crippen molar-refractivity contribution < 1.29 is 0 Å². The van der Waals surface area contributed by atoms with Crippen LogP contribution in [-0.4, -0.2) is 10.5 Å². The number of hydrogen-bond donors (Lipinski definition) is 1. The van der Waals surface area contributed by atoms with Gasteiger partial charge in [0.2, 0.25) is 0 Å². The Balaban J connectivity index is 1.76. The van der Waals surface area contributed by atoms with E-state index in [1.165, 1.54) is 63.5 Å². The molecule has 0 aromatic carbocycles. The number of pyridine rings is 1. The second-order valence-electron chi connectivity index (χ2n) is 6.98. The summed E-state index contributed by atoms with van der Waals surface area (Å²) in [6.07, 6.45) is 15.2. The molecule has 3 rings (SSSR count). The summed E-state index contributed by atoms with van der Waals surface area (Å²) in [6.45, 7) is 0. The molecule has 0 amide bonds. The minimum absolute atomic E-state index is 0.00535. The van der Waals surface area contributed by atoms with Gasteiger partial charge >= 0.3 is 0 Å². The lowest BCUT2D eigenvalue weighted by atomic mass is 9.63. The zero-order valence-corrected chi connectivity index (χ0v) is 12.6. The Bertz CT molecular complexity index is 411.